The maximum Gasteiger partial charge on any atom is 0.283 e. The molecule has 2 aliphatic heterocycles. The number of imide groups is 1. The second-order valence-electron chi connectivity index (χ2n) is 10.9. The maximum atomic E-state index is 13.0. The molecule has 4 aromatic carbocycles. The molecule has 0 spiro atoms. The first-order valence-electron chi connectivity index (χ1n) is 14.4. The Hall–Kier alpha value is -5.71. The molecule has 3 amide bonds. The number of nitrogens with zero attached hydrogens (tertiary/aromatic N) is 5. The van der Waals surface area contributed by atoms with Crippen LogP contribution in [0, 0.1) is 34.1 Å². The van der Waals surface area contributed by atoms with Crippen molar-refractivity contribution in [3.05, 3.63) is 126 Å². The van der Waals surface area contributed by atoms with E-state index in [1.54, 1.807) is 74.5 Å². The lowest BCUT2D eigenvalue weighted by Gasteiger charge is -2.13. The van der Waals surface area contributed by atoms with Crippen molar-refractivity contribution < 1.29 is 24.2 Å². The number of amides is 3. The van der Waals surface area contributed by atoms with Crippen LogP contribution >= 0.6 is 34.9 Å². The van der Waals surface area contributed by atoms with Crippen molar-refractivity contribution in [2.24, 2.45) is 4.99 Å². The monoisotopic (exact) mass is 708 g/mol. The van der Waals surface area contributed by atoms with E-state index in [1.165, 1.54) is 29.5 Å². The topological polar surface area (TPSA) is 178 Å². The molecule has 1 N–H and O–H groups in total. The van der Waals surface area contributed by atoms with Crippen LogP contribution in [0.3, 0.4) is 0 Å². The largest absolute Gasteiger partial charge is 0.300 e. The summed E-state index contributed by atoms with van der Waals surface area (Å²) in [5, 5.41) is 26.4. The number of carbonyl (C=O) groups excluding carboxylic acids is 3. The highest BCUT2D eigenvalue weighted by atomic mass is 32.2. The molecular weight excluding hydrogens is 689 g/mol. The lowest BCUT2D eigenvalue weighted by atomic mass is 10.1. The quantitative estimate of drug-likeness (QED) is 0.0767. The molecule has 1 fully saturated rings. The fraction of sp³-hybridized carbons (Fsp3) is 0.0606. The molecule has 0 radical (unpaired) electrons. The van der Waals surface area contributed by atoms with Gasteiger partial charge in [0.25, 0.3) is 29.1 Å². The van der Waals surface area contributed by atoms with Crippen LogP contribution < -0.4 is 10.2 Å². The number of thioether (sulfide) groups is 1. The van der Waals surface area contributed by atoms with Gasteiger partial charge in [0.15, 0.2) is 9.51 Å². The number of hydrogen-bond donors (Lipinski definition) is 1. The van der Waals surface area contributed by atoms with E-state index in [0.717, 1.165) is 28.4 Å². The number of aromatic nitrogens is 1. The van der Waals surface area contributed by atoms with Gasteiger partial charge in [0.05, 0.1) is 52.4 Å². The molecule has 0 bridgehead atoms. The number of hydrogen-bond acceptors (Lipinski definition) is 12. The molecule has 13 nitrogen and oxygen atoms in total. The summed E-state index contributed by atoms with van der Waals surface area (Å²) in [7, 11) is 0. The maximum absolute atomic E-state index is 13.0. The summed E-state index contributed by atoms with van der Waals surface area (Å²) in [5.74, 6) is -1.28. The van der Waals surface area contributed by atoms with E-state index in [4.69, 9.17) is 0 Å². The smallest absolute Gasteiger partial charge is 0.283 e. The molecule has 16 heteroatoms. The van der Waals surface area contributed by atoms with Crippen LogP contribution in [-0.4, -0.2) is 37.7 Å². The summed E-state index contributed by atoms with van der Waals surface area (Å²) in [6.45, 7) is 3.39. The van der Waals surface area contributed by atoms with Crippen molar-refractivity contribution in [3.8, 4) is 0 Å². The molecule has 242 valence electrons. The Bertz CT molecular complexity index is 2350. The third-order valence-electron chi connectivity index (χ3n) is 7.78. The number of nitrogens with one attached hydrogen (secondary N) is 1. The Kier molecular flexibility index (Phi) is 8.06. The van der Waals surface area contributed by atoms with Crippen LogP contribution in [0.5, 0.6) is 0 Å². The minimum absolute atomic E-state index is 0.0771. The minimum Gasteiger partial charge on any atom is -0.300 e. The molecule has 1 saturated heterocycles. The van der Waals surface area contributed by atoms with Gasteiger partial charge in [-0.25, -0.2) is 14.9 Å². The lowest BCUT2D eigenvalue weighted by Crippen LogP contribution is -2.29. The zero-order valence-electron chi connectivity index (χ0n) is 25.3. The third kappa shape index (κ3) is 5.96. The van der Waals surface area contributed by atoms with Crippen LogP contribution in [0.15, 0.2) is 91.9 Å². The van der Waals surface area contributed by atoms with Crippen molar-refractivity contribution in [1.29, 1.82) is 0 Å². The number of aryl methyl sites for hydroxylation is 1. The number of thiazole rings is 1. The van der Waals surface area contributed by atoms with Gasteiger partial charge in [-0.2, -0.15) is 0 Å². The SMILES string of the molecule is Cc1cc(N=C2NC(=O)/C(=C/c3ccc(Sc4nc5ccc(N6C(=O)c7ccccc7C6=O)cc5s4)c([N+](=O)[O-])c3)S2)cc([N+](=O)[O-])c1C. The number of amidine groups is 1. The number of aliphatic imine (C=N–C) groups is 1. The zero-order chi connectivity index (χ0) is 34.6. The molecule has 0 aliphatic carbocycles. The summed E-state index contributed by atoms with van der Waals surface area (Å²) >= 11 is 3.39. The van der Waals surface area contributed by atoms with Gasteiger partial charge in [0.2, 0.25) is 0 Å². The Morgan fingerprint density at radius 1 is 0.898 bits per heavy atom. The first-order chi connectivity index (χ1) is 23.5. The fourth-order valence-corrected chi connectivity index (χ4v) is 8.25. The average molecular weight is 709 g/mol. The van der Waals surface area contributed by atoms with E-state index in [0.29, 0.717) is 58.6 Å². The second-order valence-corrected chi connectivity index (χ2v) is 14.2. The van der Waals surface area contributed by atoms with E-state index in [2.05, 4.69) is 15.3 Å². The van der Waals surface area contributed by atoms with Crippen molar-refractivity contribution >= 4 is 96.8 Å². The Morgan fingerprint density at radius 3 is 2.31 bits per heavy atom. The molecule has 7 rings (SSSR count). The molecule has 49 heavy (non-hydrogen) atoms. The van der Waals surface area contributed by atoms with Crippen LogP contribution in [-0.2, 0) is 4.79 Å². The fourth-order valence-electron chi connectivity index (χ4n) is 5.27. The van der Waals surface area contributed by atoms with E-state index in [-0.39, 0.29) is 21.4 Å². The second kappa shape index (κ2) is 12.4. The molecule has 3 heterocycles. The number of fused-ring (bicyclic) bond motifs is 2. The van der Waals surface area contributed by atoms with Gasteiger partial charge < -0.3 is 5.32 Å². The van der Waals surface area contributed by atoms with E-state index in [1.807, 2.05) is 0 Å². The van der Waals surface area contributed by atoms with Crippen LogP contribution in [0.2, 0.25) is 0 Å². The molecular formula is C33H20N6O7S3. The summed E-state index contributed by atoms with van der Waals surface area (Å²) < 4.78 is 1.21. The molecule has 5 aromatic rings. The summed E-state index contributed by atoms with van der Waals surface area (Å²) in [6, 6.07) is 19.3. The van der Waals surface area contributed by atoms with E-state index in [9.17, 15) is 34.6 Å². The van der Waals surface area contributed by atoms with Crippen molar-refractivity contribution in [3.63, 3.8) is 0 Å². The summed E-state index contributed by atoms with van der Waals surface area (Å²) in [6.07, 6.45) is 1.51. The highest BCUT2D eigenvalue weighted by Gasteiger charge is 2.36. The Morgan fingerprint density at radius 2 is 1.61 bits per heavy atom. The van der Waals surface area contributed by atoms with Gasteiger partial charge in [0, 0.05) is 17.7 Å². The minimum atomic E-state index is -0.514. The normalized spacial score (nSPS) is 15.8. The third-order valence-corrected chi connectivity index (χ3v) is 10.8. The van der Waals surface area contributed by atoms with Gasteiger partial charge in [-0.3, -0.25) is 34.6 Å². The summed E-state index contributed by atoms with van der Waals surface area (Å²) in [5.41, 5.74) is 3.35. The first-order valence-corrected chi connectivity index (χ1v) is 16.8. The predicted octanol–water partition coefficient (Wildman–Crippen LogP) is 7.57. The van der Waals surface area contributed by atoms with Crippen LogP contribution in [0.1, 0.15) is 37.4 Å². The predicted molar refractivity (Wildman–Crippen MR) is 188 cm³/mol. The molecule has 1 aromatic heterocycles. The van der Waals surface area contributed by atoms with Crippen molar-refractivity contribution in [2.45, 2.75) is 23.1 Å². The highest BCUT2D eigenvalue weighted by Crippen LogP contribution is 2.41. The number of carbonyl (C=O) groups is 3. The Balaban J connectivity index is 1.12. The zero-order valence-corrected chi connectivity index (χ0v) is 27.8. The molecule has 0 unspecified atom stereocenters. The van der Waals surface area contributed by atoms with Crippen molar-refractivity contribution in [1.82, 2.24) is 10.3 Å². The molecule has 2 aliphatic rings. The number of anilines is 1. The highest BCUT2D eigenvalue weighted by molar-refractivity contribution is 8.18. The number of nitro benzene ring substituents is 2. The Labute approximate surface area is 289 Å². The number of benzene rings is 4. The summed E-state index contributed by atoms with van der Waals surface area (Å²) in [4.78, 5) is 71.8. The molecule has 0 atom stereocenters. The van der Waals surface area contributed by atoms with E-state index >= 15 is 0 Å². The standard InChI is InChI=1S/C33H20N6O7S3/c1-16-11-19(14-24(17(16)2)38(43)44)34-32-36-29(40)28(47-32)13-18-7-10-26(25(12-18)39(45)46)48-33-35-23-9-8-20(15-27(23)49-33)37-30(41)21-5-3-4-6-22(21)31(37)42/h3-15H,1-2H3,(H,34,36,40)/b28-13-. The number of rotatable bonds is 7. The van der Waals surface area contributed by atoms with Gasteiger partial charge in [-0.1, -0.05) is 30.0 Å². The first kappa shape index (κ1) is 31.9. The molecule has 0 saturated carbocycles. The van der Waals surface area contributed by atoms with E-state index < -0.39 is 27.6 Å². The number of nitro groups is 2. The van der Waals surface area contributed by atoms with Gasteiger partial charge in [-0.15, -0.1) is 11.3 Å². The van der Waals surface area contributed by atoms with Gasteiger partial charge in [0.1, 0.15) is 0 Å². The lowest BCUT2D eigenvalue weighted by molar-refractivity contribution is -0.387. The van der Waals surface area contributed by atoms with Crippen LogP contribution in [0.25, 0.3) is 16.3 Å². The van der Waals surface area contributed by atoms with Gasteiger partial charge in [-0.05, 0) is 85.3 Å². The van der Waals surface area contributed by atoms with Crippen LogP contribution in [0.4, 0.5) is 22.7 Å². The van der Waals surface area contributed by atoms with Gasteiger partial charge >= 0.3 is 0 Å². The van der Waals surface area contributed by atoms with Crippen molar-refractivity contribution in [2.75, 3.05) is 4.90 Å². The average Bonchev–Trinajstić information content (AvgIpc) is 3.71.